The number of carbonyl (C=O) groups excluding carboxylic acids is 3. The van der Waals surface area contributed by atoms with Crippen molar-refractivity contribution < 1.29 is 44.1 Å². The van der Waals surface area contributed by atoms with Crippen molar-refractivity contribution in [3.63, 3.8) is 0 Å². The molecule has 14 heteroatoms. The molecule has 4 atom stereocenters. The van der Waals surface area contributed by atoms with Gasteiger partial charge in [0.15, 0.2) is 0 Å². The molecule has 7 N–H and O–H groups in total. The van der Waals surface area contributed by atoms with Crippen LogP contribution in [0.4, 0.5) is 0 Å². The highest BCUT2D eigenvalue weighted by Gasteiger charge is 2.31. The molecule has 40 heavy (non-hydrogen) atoms. The van der Waals surface area contributed by atoms with Gasteiger partial charge in [-0.05, 0) is 24.9 Å². The lowest BCUT2D eigenvalue weighted by molar-refractivity contribution is -0.142. The first-order valence-corrected chi connectivity index (χ1v) is 13.6. The molecule has 0 saturated carbocycles. The second-order valence-electron chi connectivity index (χ2n) is 9.14. The van der Waals surface area contributed by atoms with Crippen LogP contribution in [0.3, 0.4) is 0 Å². The van der Waals surface area contributed by atoms with Crippen LogP contribution in [0.25, 0.3) is 0 Å². The summed E-state index contributed by atoms with van der Waals surface area (Å²) in [5, 5.41) is 37.8. The number of benzene rings is 1. The summed E-state index contributed by atoms with van der Waals surface area (Å²) in [6, 6.07) is 3.32. The maximum absolute atomic E-state index is 13.1. The minimum absolute atomic E-state index is 0.0466. The lowest BCUT2D eigenvalue weighted by Gasteiger charge is -2.24. The van der Waals surface area contributed by atoms with E-state index in [0.29, 0.717) is 12.1 Å². The van der Waals surface area contributed by atoms with Crippen molar-refractivity contribution in [1.82, 2.24) is 21.3 Å². The van der Waals surface area contributed by atoms with Crippen molar-refractivity contribution in [3.8, 4) is 0 Å². The maximum Gasteiger partial charge on any atom is 0.327 e. The molecular formula is C26H38N4O9S. The molecule has 0 saturated heterocycles. The molecule has 3 amide bonds. The first-order valence-electron chi connectivity index (χ1n) is 12.9. The Morgan fingerprint density at radius 2 is 1.40 bits per heavy atom. The van der Waals surface area contributed by atoms with Crippen LogP contribution in [0.2, 0.25) is 0 Å². The fourth-order valence-corrected chi connectivity index (χ4v) is 3.93. The SMILES string of the molecule is CCCCCN[C@@H](CCC(=O)N[C@@H](CC(=O)O)C(=O)N[C@@H](Cc1ccccc1)C(=O)N[C@@H](CS)C(=O)O)C(=O)O. The number of carboxylic acid groups (broad SMARTS) is 3. The monoisotopic (exact) mass is 582 g/mol. The summed E-state index contributed by atoms with van der Waals surface area (Å²) in [5.74, 6) is -6.63. The number of aliphatic carboxylic acids is 3. The molecule has 222 valence electrons. The molecule has 1 aromatic carbocycles. The maximum atomic E-state index is 13.1. The number of carboxylic acids is 3. The van der Waals surface area contributed by atoms with Gasteiger partial charge < -0.3 is 36.6 Å². The van der Waals surface area contributed by atoms with Gasteiger partial charge in [0.25, 0.3) is 0 Å². The third-order valence-corrected chi connectivity index (χ3v) is 6.24. The van der Waals surface area contributed by atoms with E-state index in [2.05, 4.69) is 33.9 Å². The van der Waals surface area contributed by atoms with Crippen LogP contribution in [0.1, 0.15) is 51.0 Å². The van der Waals surface area contributed by atoms with Crippen molar-refractivity contribution in [3.05, 3.63) is 35.9 Å². The van der Waals surface area contributed by atoms with Gasteiger partial charge in [0, 0.05) is 18.6 Å². The van der Waals surface area contributed by atoms with Crippen LogP contribution in [0, 0.1) is 0 Å². The van der Waals surface area contributed by atoms with Crippen LogP contribution in [-0.2, 0) is 35.2 Å². The van der Waals surface area contributed by atoms with E-state index in [1.807, 2.05) is 6.92 Å². The molecule has 0 aliphatic carbocycles. The zero-order chi connectivity index (χ0) is 30.1. The van der Waals surface area contributed by atoms with Gasteiger partial charge in [-0.25, -0.2) is 4.79 Å². The number of rotatable bonds is 20. The van der Waals surface area contributed by atoms with E-state index in [1.54, 1.807) is 30.3 Å². The van der Waals surface area contributed by atoms with Crippen molar-refractivity contribution in [2.24, 2.45) is 0 Å². The molecule has 0 aliphatic heterocycles. The first kappa shape index (κ1) is 34.4. The van der Waals surface area contributed by atoms with Gasteiger partial charge in [-0.15, -0.1) is 0 Å². The number of unbranched alkanes of at least 4 members (excludes halogenated alkanes) is 2. The fourth-order valence-electron chi connectivity index (χ4n) is 3.68. The topological polar surface area (TPSA) is 211 Å². The van der Waals surface area contributed by atoms with Crippen molar-refractivity contribution in [1.29, 1.82) is 0 Å². The zero-order valence-corrected chi connectivity index (χ0v) is 23.2. The van der Waals surface area contributed by atoms with Crippen LogP contribution in [-0.4, -0.2) is 87.4 Å². The Kier molecular flexibility index (Phi) is 16.0. The quantitative estimate of drug-likeness (QED) is 0.0772. The third kappa shape index (κ3) is 13.4. The molecule has 1 aromatic rings. The highest BCUT2D eigenvalue weighted by Crippen LogP contribution is 2.07. The van der Waals surface area contributed by atoms with Crippen LogP contribution < -0.4 is 21.3 Å². The largest absolute Gasteiger partial charge is 0.481 e. The molecule has 1 rings (SSSR count). The number of amides is 3. The smallest absolute Gasteiger partial charge is 0.327 e. The molecule has 0 fully saturated rings. The summed E-state index contributed by atoms with van der Waals surface area (Å²) < 4.78 is 0. The zero-order valence-electron chi connectivity index (χ0n) is 22.3. The van der Waals surface area contributed by atoms with Gasteiger partial charge in [-0.2, -0.15) is 12.6 Å². The van der Waals surface area contributed by atoms with E-state index in [9.17, 15) is 44.1 Å². The van der Waals surface area contributed by atoms with Gasteiger partial charge in [-0.3, -0.25) is 24.0 Å². The van der Waals surface area contributed by atoms with E-state index >= 15 is 0 Å². The van der Waals surface area contributed by atoms with E-state index in [0.717, 1.165) is 19.3 Å². The Hall–Kier alpha value is -3.65. The van der Waals surface area contributed by atoms with Crippen molar-refractivity contribution >= 4 is 48.3 Å². The Morgan fingerprint density at radius 1 is 0.800 bits per heavy atom. The Morgan fingerprint density at radius 3 is 1.95 bits per heavy atom. The van der Waals surface area contributed by atoms with Gasteiger partial charge in [0.1, 0.15) is 24.2 Å². The van der Waals surface area contributed by atoms with Gasteiger partial charge >= 0.3 is 17.9 Å². The van der Waals surface area contributed by atoms with Gasteiger partial charge in [-0.1, -0.05) is 50.1 Å². The fraction of sp³-hybridized carbons (Fsp3) is 0.538. The summed E-state index contributed by atoms with van der Waals surface area (Å²) in [6.45, 7) is 2.46. The number of carbonyl (C=O) groups is 6. The first-order chi connectivity index (χ1) is 19.0. The molecular weight excluding hydrogens is 544 g/mol. The third-order valence-electron chi connectivity index (χ3n) is 5.87. The lowest BCUT2D eigenvalue weighted by atomic mass is 10.0. The number of thiol groups is 1. The molecule has 0 bridgehead atoms. The lowest BCUT2D eigenvalue weighted by Crippen LogP contribution is -2.57. The molecule has 0 aliphatic rings. The van der Waals surface area contributed by atoms with Crippen LogP contribution in [0.15, 0.2) is 30.3 Å². The normalized spacial score (nSPS) is 13.8. The molecule has 0 aromatic heterocycles. The van der Waals surface area contributed by atoms with Gasteiger partial charge in [0.2, 0.25) is 17.7 Å². The molecule has 0 heterocycles. The summed E-state index contributed by atoms with van der Waals surface area (Å²) in [6.07, 6.45) is 1.41. The van der Waals surface area contributed by atoms with E-state index in [4.69, 9.17) is 0 Å². The predicted octanol–water partition coefficient (Wildman–Crippen LogP) is 0.186. The van der Waals surface area contributed by atoms with Crippen molar-refractivity contribution in [2.45, 2.75) is 76.0 Å². The Bertz CT molecular complexity index is 1010. The predicted molar refractivity (Wildman–Crippen MR) is 148 cm³/mol. The van der Waals surface area contributed by atoms with Crippen LogP contribution in [0.5, 0.6) is 0 Å². The summed E-state index contributed by atoms with van der Waals surface area (Å²) >= 11 is 3.91. The standard InChI is InChI=1S/C26H38N4O9S/c1-2-3-7-12-27-17(25(36)37)10-11-21(31)28-19(14-22(32)33)24(35)29-18(13-16-8-5-4-6-9-16)23(34)30-20(15-40)26(38)39/h4-6,8-9,17-20,27,40H,2-3,7,10-15H2,1H3,(H,28,31)(H,29,35)(H,30,34)(H,32,33)(H,36,37)(H,38,39)/t17-,18-,19-,20-/m0/s1. The number of hydrogen-bond acceptors (Lipinski definition) is 8. The number of hydrogen-bond donors (Lipinski definition) is 8. The van der Waals surface area contributed by atoms with Crippen LogP contribution >= 0.6 is 12.6 Å². The summed E-state index contributed by atoms with van der Waals surface area (Å²) in [5.41, 5.74) is 0.630. The highest BCUT2D eigenvalue weighted by atomic mass is 32.1. The van der Waals surface area contributed by atoms with E-state index in [1.165, 1.54) is 0 Å². The second kappa shape index (κ2) is 18.6. The average Bonchev–Trinajstić information content (AvgIpc) is 2.90. The molecule has 0 spiro atoms. The molecule has 0 radical (unpaired) electrons. The van der Waals surface area contributed by atoms with E-state index < -0.39 is 66.2 Å². The second-order valence-corrected chi connectivity index (χ2v) is 9.51. The molecule has 0 unspecified atom stereocenters. The summed E-state index contributed by atoms with van der Waals surface area (Å²) in [4.78, 5) is 72.8. The minimum Gasteiger partial charge on any atom is -0.481 e. The summed E-state index contributed by atoms with van der Waals surface area (Å²) in [7, 11) is 0. The average molecular weight is 583 g/mol. The van der Waals surface area contributed by atoms with E-state index in [-0.39, 0.29) is 25.0 Å². The molecule has 13 nitrogen and oxygen atoms in total. The Balaban J connectivity index is 2.96. The highest BCUT2D eigenvalue weighted by molar-refractivity contribution is 7.80. The minimum atomic E-state index is -1.57. The Labute approximate surface area is 237 Å². The van der Waals surface area contributed by atoms with Crippen molar-refractivity contribution in [2.75, 3.05) is 12.3 Å². The number of nitrogens with one attached hydrogen (secondary N) is 4. The van der Waals surface area contributed by atoms with Gasteiger partial charge in [0.05, 0.1) is 6.42 Å².